The molecule has 3 nitrogen and oxygen atoms in total. The summed E-state index contributed by atoms with van der Waals surface area (Å²) in [6.45, 7) is 5.78. The van der Waals surface area contributed by atoms with Crippen molar-refractivity contribution in [2.24, 2.45) is 7.05 Å². The van der Waals surface area contributed by atoms with E-state index in [1.54, 1.807) is 11.6 Å². The fourth-order valence-corrected chi connectivity index (χ4v) is 1.31. The highest BCUT2D eigenvalue weighted by molar-refractivity contribution is 5.54. The predicted octanol–water partition coefficient (Wildman–Crippen LogP) is 1.77. The summed E-state index contributed by atoms with van der Waals surface area (Å²) in [5, 5.41) is 13.7. The van der Waals surface area contributed by atoms with Crippen molar-refractivity contribution in [3.05, 3.63) is 23.0 Å². The summed E-state index contributed by atoms with van der Waals surface area (Å²) >= 11 is 0. The van der Waals surface area contributed by atoms with Crippen LogP contribution in [0.4, 0.5) is 0 Å². The molecule has 3 heteroatoms. The predicted molar refractivity (Wildman–Crippen MR) is 57.9 cm³/mol. The van der Waals surface area contributed by atoms with E-state index in [0.29, 0.717) is 0 Å². The average Bonchev–Trinajstić information content (AvgIpc) is 2.45. The Hall–Kier alpha value is -1.09. The van der Waals surface area contributed by atoms with Gasteiger partial charge in [0, 0.05) is 18.8 Å². The van der Waals surface area contributed by atoms with Crippen LogP contribution in [0.1, 0.15) is 32.0 Å². The van der Waals surface area contributed by atoms with Crippen molar-refractivity contribution in [3.63, 3.8) is 0 Å². The third-order valence-corrected chi connectivity index (χ3v) is 2.31. The Balaban J connectivity index is 3.00. The van der Waals surface area contributed by atoms with Crippen molar-refractivity contribution in [2.75, 3.05) is 0 Å². The van der Waals surface area contributed by atoms with Gasteiger partial charge in [-0.1, -0.05) is 13.0 Å². The second-order valence-electron chi connectivity index (χ2n) is 3.62. The van der Waals surface area contributed by atoms with Gasteiger partial charge in [0.15, 0.2) is 0 Å². The van der Waals surface area contributed by atoms with Crippen LogP contribution in [0.5, 0.6) is 0 Å². The first kappa shape index (κ1) is 11.0. The molecule has 0 aliphatic heterocycles. The molecule has 0 aliphatic rings. The van der Waals surface area contributed by atoms with Crippen molar-refractivity contribution in [2.45, 2.75) is 33.3 Å². The van der Waals surface area contributed by atoms with E-state index in [4.69, 9.17) is 0 Å². The number of hydrogen-bond acceptors (Lipinski definition) is 2. The van der Waals surface area contributed by atoms with Crippen molar-refractivity contribution in [1.82, 2.24) is 9.78 Å². The van der Waals surface area contributed by atoms with Gasteiger partial charge in [0.1, 0.15) is 0 Å². The zero-order chi connectivity index (χ0) is 10.7. The molecule has 0 aromatic carbocycles. The van der Waals surface area contributed by atoms with Gasteiger partial charge in [-0.15, -0.1) is 0 Å². The molecule has 1 unspecified atom stereocenters. The molecule has 1 aromatic heterocycles. The van der Waals surface area contributed by atoms with E-state index in [2.05, 4.69) is 12.0 Å². The van der Waals surface area contributed by atoms with E-state index in [-0.39, 0.29) is 6.10 Å². The van der Waals surface area contributed by atoms with Gasteiger partial charge in [0.25, 0.3) is 0 Å². The Labute approximate surface area is 85.1 Å². The summed E-state index contributed by atoms with van der Waals surface area (Å²) in [6.07, 6.45) is 4.50. The average molecular weight is 194 g/mol. The molecule has 78 valence electrons. The summed E-state index contributed by atoms with van der Waals surface area (Å²) in [7, 11) is 1.91. The maximum atomic E-state index is 9.36. The topological polar surface area (TPSA) is 38.0 Å². The lowest BCUT2D eigenvalue weighted by Crippen LogP contribution is -2.00. The van der Waals surface area contributed by atoms with Crippen LogP contribution in [0.3, 0.4) is 0 Å². The van der Waals surface area contributed by atoms with Crippen molar-refractivity contribution < 1.29 is 5.11 Å². The van der Waals surface area contributed by atoms with Crippen LogP contribution in [0.25, 0.3) is 6.08 Å². The first-order valence-corrected chi connectivity index (χ1v) is 4.93. The lowest BCUT2D eigenvalue weighted by molar-refractivity contribution is 0.232. The summed E-state index contributed by atoms with van der Waals surface area (Å²) in [6, 6.07) is 0. The normalized spacial score (nSPS) is 14.5. The summed E-state index contributed by atoms with van der Waals surface area (Å²) in [5.41, 5.74) is 3.15. The van der Waals surface area contributed by atoms with E-state index in [1.165, 1.54) is 0 Å². The Morgan fingerprint density at radius 3 is 2.86 bits per heavy atom. The zero-order valence-corrected chi connectivity index (χ0v) is 9.28. The first-order valence-electron chi connectivity index (χ1n) is 4.93. The molecule has 1 N–H and O–H groups in total. The highest BCUT2D eigenvalue weighted by atomic mass is 16.3. The van der Waals surface area contributed by atoms with Gasteiger partial charge < -0.3 is 5.11 Å². The van der Waals surface area contributed by atoms with Crippen LogP contribution in [-0.2, 0) is 13.5 Å². The monoisotopic (exact) mass is 194 g/mol. The quantitative estimate of drug-likeness (QED) is 0.796. The van der Waals surface area contributed by atoms with E-state index < -0.39 is 0 Å². The van der Waals surface area contributed by atoms with Crippen LogP contribution in [0.15, 0.2) is 11.8 Å². The van der Waals surface area contributed by atoms with Crippen molar-refractivity contribution >= 4 is 6.08 Å². The molecule has 0 spiro atoms. The van der Waals surface area contributed by atoms with E-state index in [9.17, 15) is 5.11 Å². The molecular weight excluding hydrogens is 176 g/mol. The fourth-order valence-electron chi connectivity index (χ4n) is 1.31. The Morgan fingerprint density at radius 1 is 1.71 bits per heavy atom. The summed E-state index contributed by atoms with van der Waals surface area (Å²) < 4.78 is 1.81. The highest BCUT2D eigenvalue weighted by Crippen LogP contribution is 2.13. The third-order valence-electron chi connectivity index (χ3n) is 2.31. The van der Waals surface area contributed by atoms with Gasteiger partial charge in [0.2, 0.25) is 0 Å². The van der Waals surface area contributed by atoms with E-state index in [1.807, 2.05) is 26.2 Å². The SMILES string of the molecule is CCc1nn(C)cc1/C=C(/C)C(C)O. The summed E-state index contributed by atoms with van der Waals surface area (Å²) in [5.74, 6) is 0. The minimum atomic E-state index is -0.389. The number of hydrogen-bond donors (Lipinski definition) is 1. The minimum Gasteiger partial charge on any atom is -0.389 e. The number of aryl methyl sites for hydroxylation is 2. The second kappa shape index (κ2) is 4.42. The standard InChI is InChI=1S/C11H18N2O/c1-5-11-10(7-13(4)12-11)6-8(2)9(3)14/h6-7,9,14H,5H2,1-4H3/b8-6-. The Kier molecular flexibility index (Phi) is 3.47. The molecule has 0 aliphatic carbocycles. The molecular formula is C11H18N2O. The van der Waals surface area contributed by atoms with Gasteiger partial charge >= 0.3 is 0 Å². The molecule has 0 fully saturated rings. The molecule has 0 saturated heterocycles. The third kappa shape index (κ3) is 2.45. The molecule has 0 bridgehead atoms. The number of aromatic nitrogens is 2. The van der Waals surface area contributed by atoms with Crippen LogP contribution in [0.2, 0.25) is 0 Å². The fraction of sp³-hybridized carbons (Fsp3) is 0.545. The van der Waals surface area contributed by atoms with Crippen LogP contribution in [-0.4, -0.2) is 21.0 Å². The second-order valence-corrected chi connectivity index (χ2v) is 3.62. The molecule has 0 amide bonds. The van der Waals surface area contributed by atoms with Gasteiger partial charge in [-0.3, -0.25) is 4.68 Å². The van der Waals surface area contributed by atoms with Crippen LogP contribution in [0, 0.1) is 0 Å². The van der Waals surface area contributed by atoms with Gasteiger partial charge in [0.05, 0.1) is 11.8 Å². The maximum Gasteiger partial charge on any atom is 0.0722 e. The lowest BCUT2D eigenvalue weighted by Gasteiger charge is -2.03. The largest absolute Gasteiger partial charge is 0.389 e. The van der Waals surface area contributed by atoms with Gasteiger partial charge in [-0.05, 0) is 25.8 Å². The molecule has 1 atom stereocenters. The van der Waals surface area contributed by atoms with Gasteiger partial charge in [-0.2, -0.15) is 5.10 Å². The number of rotatable bonds is 3. The molecule has 1 aromatic rings. The number of aliphatic hydroxyl groups is 1. The minimum absolute atomic E-state index is 0.389. The molecule has 0 radical (unpaired) electrons. The Bertz CT molecular complexity index is 337. The molecule has 1 heterocycles. The number of nitrogens with zero attached hydrogens (tertiary/aromatic N) is 2. The van der Waals surface area contributed by atoms with E-state index >= 15 is 0 Å². The smallest absolute Gasteiger partial charge is 0.0722 e. The van der Waals surface area contributed by atoms with Crippen LogP contribution >= 0.6 is 0 Å². The maximum absolute atomic E-state index is 9.36. The molecule has 14 heavy (non-hydrogen) atoms. The zero-order valence-electron chi connectivity index (χ0n) is 9.28. The van der Waals surface area contributed by atoms with Crippen LogP contribution < -0.4 is 0 Å². The summed E-state index contributed by atoms with van der Waals surface area (Å²) in [4.78, 5) is 0. The number of aliphatic hydroxyl groups excluding tert-OH is 1. The first-order chi connectivity index (χ1) is 6.54. The Morgan fingerprint density at radius 2 is 2.36 bits per heavy atom. The highest BCUT2D eigenvalue weighted by Gasteiger charge is 2.05. The van der Waals surface area contributed by atoms with Crippen molar-refractivity contribution in [1.29, 1.82) is 0 Å². The molecule has 1 rings (SSSR count). The van der Waals surface area contributed by atoms with E-state index in [0.717, 1.165) is 23.3 Å². The molecule has 0 saturated carbocycles. The van der Waals surface area contributed by atoms with Crippen molar-refractivity contribution in [3.8, 4) is 0 Å². The van der Waals surface area contributed by atoms with Gasteiger partial charge in [-0.25, -0.2) is 0 Å². The lowest BCUT2D eigenvalue weighted by atomic mass is 10.1.